The van der Waals surface area contributed by atoms with Gasteiger partial charge in [-0.25, -0.2) is 4.79 Å². The lowest BCUT2D eigenvalue weighted by molar-refractivity contribution is 0.0441. The van der Waals surface area contributed by atoms with Crippen molar-refractivity contribution < 1.29 is 28.5 Å². The van der Waals surface area contributed by atoms with Crippen LogP contribution >= 0.6 is 0 Å². The van der Waals surface area contributed by atoms with Crippen LogP contribution in [0.5, 0.6) is 11.5 Å². The third-order valence-electron chi connectivity index (χ3n) is 2.72. The van der Waals surface area contributed by atoms with Gasteiger partial charge in [0.25, 0.3) is 0 Å². The summed E-state index contributed by atoms with van der Waals surface area (Å²) in [6.07, 6.45) is 0.587. The molecule has 0 atom stereocenters. The number of ether oxygens (including phenoxy) is 5. The van der Waals surface area contributed by atoms with Crippen LogP contribution in [0.2, 0.25) is 0 Å². The second-order valence-electron chi connectivity index (χ2n) is 4.68. The van der Waals surface area contributed by atoms with Gasteiger partial charge in [0.1, 0.15) is 17.1 Å². The predicted molar refractivity (Wildman–Crippen MR) is 81.3 cm³/mol. The first kappa shape index (κ1) is 18.0. The first-order valence-corrected chi connectivity index (χ1v) is 6.66. The van der Waals surface area contributed by atoms with Gasteiger partial charge in [-0.15, -0.1) is 0 Å². The number of allylic oxidation sites excluding steroid dienone is 1. The van der Waals surface area contributed by atoms with E-state index in [0.717, 1.165) is 11.1 Å². The van der Waals surface area contributed by atoms with Crippen molar-refractivity contribution >= 4 is 5.97 Å². The fourth-order valence-electron chi connectivity index (χ4n) is 1.83. The molecule has 1 aromatic carbocycles. The smallest absolute Gasteiger partial charge is 0.341 e. The zero-order valence-electron chi connectivity index (χ0n) is 13.4. The van der Waals surface area contributed by atoms with Crippen molar-refractivity contribution in [2.24, 2.45) is 0 Å². The van der Waals surface area contributed by atoms with E-state index in [0.29, 0.717) is 17.9 Å². The quantitative estimate of drug-likeness (QED) is 0.397. The van der Waals surface area contributed by atoms with Crippen molar-refractivity contribution in [2.45, 2.75) is 13.3 Å². The summed E-state index contributed by atoms with van der Waals surface area (Å²) in [7, 11) is 4.33. The third-order valence-corrected chi connectivity index (χ3v) is 2.72. The summed E-state index contributed by atoms with van der Waals surface area (Å²) in [5.74, 6) is 0.375. The topological polar surface area (TPSA) is 63.2 Å². The molecule has 0 fully saturated rings. The van der Waals surface area contributed by atoms with Gasteiger partial charge >= 0.3 is 5.97 Å². The Morgan fingerprint density at radius 2 is 1.64 bits per heavy atom. The van der Waals surface area contributed by atoms with E-state index in [2.05, 4.69) is 6.58 Å². The lowest BCUT2D eigenvalue weighted by Crippen LogP contribution is -2.10. The van der Waals surface area contributed by atoms with Gasteiger partial charge in [-0.05, 0) is 25.5 Å². The number of hydrogen-bond acceptors (Lipinski definition) is 6. The lowest BCUT2D eigenvalue weighted by atomic mass is 10.0. The third kappa shape index (κ3) is 5.05. The van der Waals surface area contributed by atoms with Crippen LogP contribution in [0.15, 0.2) is 24.3 Å². The van der Waals surface area contributed by atoms with Crippen molar-refractivity contribution in [1.82, 2.24) is 0 Å². The number of methoxy groups -OCH3 is 3. The van der Waals surface area contributed by atoms with Crippen LogP contribution in [-0.4, -0.2) is 40.9 Å². The Kier molecular flexibility index (Phi) is 7.42. The van der Waals surface area contributed by atoms with Gasteiger partial charge in [-0.3, -0.25) is 0 Å². The summed E-state index contributed by atoms with van der Waals surface area (Å²) in [5, 5.41) is 0. The van der Waals surface area contributed by atoms with Crippen LogP contribution in [-0.2, 0) is 20.6 Å². The molecule has 0 spiro atoms. The van der Waals surface area contributed by atoms with E-state index >= 15 is 0 Å². The van der Waals surface area contributed by atoms with E-state index < -0.39 is 5.97 Å². The summed E-state index contributed by atoms with van der Waals surface area (Å²) in [6.45, 7) is 5.89. The summed E-state index contributed by atoms with van der Waals surface area (Å²) in [5.41, 5.74) is 2.05. The highest BCUT2D eigenvalue weighted by Crippen LogP contribution is 2.31. The van der Waals surface area contributed by atoms with Crippen molar-refractivity contribution in [2.75, 3.05) is 34.9 Å². The Morgan fingerprint density at radius 1 is 1.05 bits per heavy atom. The van der Waals surface area contributed by atoms with Crippen molar-refractivity contribution in [3.05, 3.63) is 35.4 Å². The molecular weight excluding hydrogens is 288 g/mol. The summed E-state index contributed by atoms with van der Waals surface area (Å²) in [6, 6.07) is 3.30. The fourth-order valence-corrected chi connectivity index (χ4v) is 1.83. The minimum absolute atomic E-state index is 0.0226. The molecule has 0 aliphatic heterocycles. The van der Waals surface area contributed by atoms with E-state index in [1.165, 1.54) is 21.3 Å². The molecule has 0 radical (unpaired) electrons. The molecule has 122 valence electrons. The second kappa shape index (κ2) is 9.07. The average molecular weight is 310 g/mol. The predicted octanol–water partition coefficient (Wildman–Crippen LogP) is 2.56. The molecule has 0 unspecified atom stereocenters. The zero-order valence-corrected chi connectivity index (χ0v) is 13.4. The van der Waals surface area contributed by atoms with Gasteiger partial charge in [0.15, 0.2) is 13.6 Å². The highest BCUT2D eigenvalue weighted by atomic mass is 16.7. The number of esters is 1. The molecule has 1 aromatic rings. The highest BCUT2D eigenvalue weighted by molar-refractivity contribution is 5.93. The molecule has 22 heavy (non-hydrogen) atoms. The maximum absolute atomic E-state index is 11.9. The monoisotopic (exact) mass is 310 g/mol. The Bertz CT molecular complexity index is 524. The highest BCUT2D eigenvalue weighted by Gasteiger charge is 2.18. The van der Waals surface area contributed by atoms with Crippen LogP contribution in [0, 0.1) is 0 Å². The lowest BCUT2D eigenvalue weighted by Gasteiger charge is -2.16. The Balaban J connectivity index is 3.27. The van der Waals surface area contributed by atoms with Gasteiger partial charge in [0.05, 0.1) is 7.11 Å². The molecule has 0 aliphatic carbocycles. The largest absolute Gasteiger partial charge is 0.467 e. The first-order valence-electron chi connectivity index (χ1n) is 6.66. The molecule has 0 aliphatic rings. The fraction of sp³-hybridized carbons (Fsp3) is 0.438. The standard InChI is InChI=1S/C16H22O6/c1-11(2)6-12-7-15(22-10-19-4)13(16(17)20-5)8-14(12)21-9-18-3/h7-8H,1,6,9-10H2,2-5H3. The van der Waals surface area contributed by atoms with Crippen molar-refractivity contribution in [1.29, 1.82) is 0 Å². The van der Waals surface area contributed by atoms with Crippen molar-refractivity contribution in [3.8, 4) is 11.5 Å². The number of carbonyl (C=O) groups excluding carboxylic acids is 1. The molecule has 0 aromatic heterocycles. The molecule has 0 N–H and O–H groups in total. The Hall–Kier alpha value is -2.05. The molecule has 6 nitrogen and oxygen atoms in total. The van der Waals surface area contributed by atoms with E-state index in [1.807, 2.05) is 6.92 Å². The molecular formula is C16H22O6. The summed E-state index contributed by atoms with van der Waals surface area (Å²) >= 11 is 0. The number of benzene rings is 1. The van der Waals surface area contributed by atoms with Gasteiger partial charge < -0.3 is 23.7 Å². The SMILES string of the molecule is C=C(C)Cc1cc(OCOC)c(C(=O)OC)cc1OCOC. The van der Waals surface area contributed by atoms with Crippen LogP contribution in [0.3, 0.4) is 0 Å². The molecule has 0 amide bonds. The second-order valence-corrected chi connectivity index (χ2v) is 4.68. The van der Waals surface area contributed by atoms with Gasteiger partial charge in [-0.2, -0.15) is 0 Å². The van der Waals surface area contributed by atoms with E-state index in [1.54, 1.807) is 12.1 Å². The zero-order chi connectivity index (χ0) is 16.5. The van der Waals surface area contributed by atoms with Crippen LogP contribution in [0.25, 0.3) is 0 Å². The van der Waals surface area contributed by atoms with Gasteiger partial charge in [0, 0.05) is 19.8 Å². The number of hydrogen-bond donors (Lipinski definition) is 0. The molecule has 1 rings (SSSR count). The van der Waals surface area contributed by atoms with Crippen LogP contribution < -0.4 is 9.47 Å². The van der Waals surface area contributed by atoms with E-state index in [-0.39, 0.29) is 19.1 Å². The van der Waals surface area contributed by atoms with E-state index in [4.69, 9.17) is 23.7 Å². The molecule has 0 heterocycles. The maximum atomic E-state index is 11.9. The Morgan fingerprint density at radius 3 is 2.14 bits per heavy atom. The van der Waals surface area contributed by atoms with Crippen molar-refractivity contribution in [3.63, 3.8) is 0 Å². The summed E-state index contributed by atoms with van der Waals surface area (Å²) < 4.78 is 25.6. The minimum atomic E-state index is -0.518. The number of carbonyl (C=O) groups is 1. The van der Waals surface area contributed by atoms with Crippen LogP contribution in [0.4, 0.5) is 0 Å². The van der Waals surface area contributed by atoms with E-state index in [9.17, 15) is 4.79 Å². The molecule has 6 heteroatoms. The average Bonchev–Trinajstić information content (AvgIpc) is 2.50. The summed E-state index contributed by atoms with van der Waals surface area (Å²) in [4.78, 5) is 11.9. The van der Waals surface area contributed by atoms with Gasteiger partial charge in [-0.1, -0.05) is 12.2 Å². The Labute approximate surface area is 130 Å². The normalized spacial score (nSPS) is 10.2. The molecule has 0 bridgehead atoms. The molecule has 0 saturated heterocycles. The minimum Gasteiger partial charge on any atom is -0.467 e. The van der Waals surface area contributed by atoms with Crippen LogP contribution in [0.1, 0.15) is 22.8 Å². The molecule has 0 saturated carbocycles. The first-order chi connectivity index (χ1) is 10.5. The maximum Gasteiger partial charge on any atom is 0.341 e. The van der Waals surface area contributed by atoms with Gasteiger partial charge in [0.2, 0.25) is 0 Å². The number of rotatable bonds is 9.